The molecule has 4 aromatic rings. The van der Waals surface area contributed by atoms with Gasteiger partial charge in [-0.15, -0.1) is 0 Å². The number of nitrogens with one attached hydrogen (secondary N) is 1. The van der Waals surface area contributed by atoms with Crippen LogP contribution in [0, 0.1) is 0 Å². The van der Waals surface area contributed by atoms with Gasteiger partial charge in [0.25, 0.3) is 11.5 Å². The van der Waals surface area contributed by atoms with Crippen molar-refractivity contribution in [1.82, 2.24) is 9.78 Å². The van der Waals surface area contributed by atoms with E-state index in [0.717, 1.165) is 10.0 Å². The fourth-order valence-electron chi connectivity index (χ4n) is 2.99. The van der Waals surface area contributed by atoms with E-state index in [9.17, 15) is 9.59 Å². The molecule has 6 heteroatoms. The largest absolute Gasteiger partial charge is 0.321 e. The molecule has 5 nitrogen and oxygen atoms in total. The zero-order chi connectivity index (χ0) is 19.5. The number of carbonyl (C=O) groups excluding carboxylic acids is 1. The molecule has 0 atom stereocenters. The van der Waals surface area contributed by atoms with Gasteiger partial charge in [0.15, 0.2) is 5.69 Å². The van der Waals surface area contributed by atoms with Crippen LogP contribution in [0.5, 0.6) is 0 Å². The van der Waals surface area contributed by atoms with E-state index in [1.54, 1.807) is 36.4 Å². The first-order chi connectivity index (χ1) is 13.6. The molecule has 1 heterocycles. The van der Waals surface area contributed by atoms with Crippen molar-refractivity contribution in [3.8, 4) is 0 Å². The first kappa shape index (κ1) is 18.1. The van der Waals surface area contributed by atoms with Crippen molar-refractivity contribution in [2.75, 3.05) is 5.32 Å². The lowest BCUT2D eigenvalue weighted by atomic mass is 10.1. The molecule has 0 bridgehead atoms. The van der Waals surface area contributed by atoms with Crippen molar-refractivity contribution in [2.24, 2.45) is 0 Å². The van der Waals surface area contributed by atoms with Gasteiger partial charge in [0, 0.05) is 15.5 Å². The smallest absolute Gasteiger partial charge is 0.276 e. The highest BCUT2D eigenvalue weighted by Crippen LogP contribution is 2.18. The minimum Gasteiger partial charge on any atom is -0.321 e. The molecule has 3 aromatic carbocycles. The third-order valence-corrected chi connectivity index (χ3v) is 4.89. The van der Waals surface area contributed by atoms with Crippen LogP contribution >= 0.6 is 15.9 Å². The fraction of sp³-hybridized carbons (Fsp3) is 0.0455. The van der Waals surface area contributed by atoms with Gasteiger partial charge < -0.3 is 5.32 Å². The van der Waals surface area contributed by atoms with Crippen molar-refractivity contribution in [2.45, 2.75) is 6.54 Å². The van der Waals surface area contributed by atoms with E-state index in [0.29, 0.717) is 23.0 Å². The summed E-state index contributed by atoms with van der Waals surface area (Å²) in [4.78, 5) is 25.8. The first-order valence-corrected chi connectivity index (χ1v) is 9.52. The Morgan fingerprint density at radius 3 is 2.25 bits per heavy atom. The lowest BCUT2D eigenvalue weighted by molar-refractivity contribution is 0.102. The van der Waals surface area contributed by atoms with Crippen LogP contribution in [0.25, 0.3) is 10.8 Å². The maximum Gasteiger partial charge on any atom is 0.276 e. The number of nitrogens with zero attached hydrogens (tertiary/aromatic N) is 2. The Labute approximate surface area is 169 Å². The standard InChI is InChI=1S/C22H16BrN3O2/c23-16-10-12-17(13-11-16)24-21(27)20-18-8-4-5-9-19(18)22(28)26(25-20)14-15-6-2-1-3-7-15/h1-13H,14H2,(H,24,27). The molecule has 0 aliphatic carbocycles. The maximum atomic E-state index is 12.9. The van der Waals surface area contributed by atoms with Gasteiger partial charge in [-0.25, -0.2) is 4.68 Å². The highest BCUT2D eigenvalue weighted by Gasteiger charge is 2.17. The molecule has 138 valence electrons. The molecular weight excluding hydrogens is 418 g/mol. The second kappa shape index (κ2) is 7.78. The average molecular weight is 434 g/mol. The van der Waals surface area contributed by atoms with Gasteiger partial charge in [0.05, 0.1) is 11.9 Å². The number of fused-ring (bicyclic) bond motifs is 1. The van der Waals surface area contributed by atoms with Crippen LogP contribution in [-0.2, 0) is 6.54 Å². The van der Waals surface area contributed by atoms with Crippen LogP contribution < -0.4 is 10.9 Å². The van der Waals surface area contributed by atoms with Gasteiger partial charge in [-0.3, -0.25) is 9.59 Å². The molecule has 4 rings (SSSR count). The minimum absolute atomic E-state index is 0.217. The summed E-state index contributed by atoms with van der Waals surface area (Å²) in [6.45, 7) is 0.295. The van der Waals surface area contributed by atoms with Gasteiger partial charge in [0.2, 0.25) is 0 Å². The Kier molecular flexibility index (Phi) is 5.04. The van der Waals surface area contributed by atoms with Gasteiger partial charge in [0.1, 0.15) is 0 Å². The first-order valence-electron chi connectivity index (χ1n) is 8.72. The topological polar surface area (TPSA) is 64.0 Å². The van der Waals surface area contributed by atoms with Crippen LogP contribution in [0.1, 0.15) is 16.1 Å². The predicted molar refractivity (Wildman–Crippen MR) is 114 cm³/mol. The number of benzene rings is 3. The molecule has 0 saturated heterocycles. The monoisotopic (exact) mass is 433 g/mol. The quantitative estimate of drug-likeness (QED) is 0.516. The Hall–Kier alpha value is -3.25. The molecule has 0 aliphatic heterocycles. The lowest BCUT2D eigenvalue weighted by Crippen LogP contribution is -2.28. The summed E-state index contributed by atoms with van der Waals surface area (Å²) in [7, 11) is 0. The lowest BCUT2D eigenvalue weighted by Gasteiger charge is -2.11. The maximum absolute atomic E-state index is 12.9. The minimum atomic E-state index is -0.361. The van der Waals surface area contributed by atoms with Crippen molar-refractivity contribution in [1.29, 1.82) is 0 Å². The molecule has 1 amide bonds. The van der Waals surface area contributed by atoms with Crippen molar-refractivity contribution in [3.05, 3.63) is 105 Å². The van der Waals surface area contributed by atoms with E-state index in [4.69, 9.17) is 0 Å². The third kappa shape index (κ3) is 3.73. The molecule has 28 heavy (non-hydrogen) atoms. The Morgan fingerprint density at radius 1 is 0.893 bits per heavy atom. The molecular formula is C22H16BrN3O2. The van der Waals surface area contributed by atoms with E-state index < -0.39 is 0 Å². The van der Waals surface area contributed by atoms with E-state index in [2.05, 4.69) is 26.3 Å². The van der Waals surface area contributed by atoms with E-state index in [1.165, 1.54) is 4.68 Å². The zero-order valence-corrected chi connectivity index (χ0v) is 16.4. The van der Waals surface area contributed by atoms with Crippen molar-refractivity contribution < 1.29 is 4.79 Å². The van der Waals surface area contributed by atoms with Gasteiger partial charge >= 0.3 is 0 Å². The Balaban J connectivity index is 1.78. The highest BCUT2D eigenvalue weighted by atomic mass is 79.9. The predicted octanol–water partition coefficient (Wildman–Crippen LogP) is 4.46. The zero-order valence-electron chi connectivity index (χ0n) is 14.8. The summed E-state index contributed by atoms with van der Waals surface area (Å²) in [6.07, 6.45) is 0. The molecule has 0 spiro atoms. The summed E-state index contributed by atoms with van der Waals surface area (Å²) in [6, 6.07) is 23.9. The van der Waals surface area contributed by atoms with E-state index in [1.807, 2.05) is 42.5 Å². The molecule has 0 aliphatic rings. The molecule has 0 saturated carbocycles. The van der Waals surface area contributed by atoms with Crippen LogP contribution in [0.2, 0.25) is 0 Å². The number of rotatable bonds is 4. The number of halogens is 1. The van der Waals surface area contributed by atoms with Gasteiger partial charge in [-0.1, -0.05) is 64.5 Å². The summed E-state index contributed by atoms with van der Waals surface area (Å²) in [5, 5.41) is 8.24. The summed E-state index contributed by atoms with van der Waals surface area (Å²) in [5.74, 6) is -0.361. The molecule has 1 N–H and O–H groups in total. The summed E-state index contributed by atoms with van der Waals surface area (Å²) >= 11 is 3.38. The Bertz CT molecular complexity index is 1200. The van der Waals surface area contributed by atoms with Gasteiger partial charge in [-0.05, 0) is 35.9 Å². The number of hydrogen-bond donors (Lipinski definition) is 1. The third-order valence-electron chi connectivity index (χ3n) is 4.36. The van der Waals surface area contributed by atoms with E-state index >= 15 is 0 Å². The van der Waals surface area contributed by atoms with Crippen LogP contribution in [0.3, 0.4) is 0 Å². The van der Waals surface area contributed by atoms with Crippen molar-refractivity contribution >= 4 is 38.3 Å². The number of aromatic nitrogens is 2. The SMILES string of the molecule is O=C(Nc1ccc(Br)cc1)c1nn(Cc2ccccc2)c(=O)c2ccccc12. The summed E-state index contributed by atoms with van der Waals surface area (Å²) < 4.78 is 2.26. The Morgan fingerprint density at radius 2 is 1.54 bits per heavy atom. The average Bonchev–Trinajstić information content (AvgIpc) is 2.72. The van der Waals surface area contributed by atoms with Crippen molar-refractivity contribution in [3.63, 3.8) is 0 Å². The number of amides is 1. The van der Waals surface area contributed by atoms with Crippen LogP contribution in [0.4, 0.5) is 5.69 Å². The van der Waals surface area contributed by atoms with Gasteiger partial charge in [-0.2, -0.15) is 5.10 Å². The number of anilines is 1. The van der Waals surface area contributed by atoms with Crippen LogP contribution in [-0.4, -0.2) is 15.7 Å². The normalized spacial score (nSPS) is 10.8. The van der Waals surface area contributed by atoms with Crippen LogP contribution in [0.15, 0.2) is 88.1 Å². The summed E-state index contributed by atoms with van der Waals surface area (Å²) in [5.41, 5.74) is 1.58. The number of hydrogen-bond acceptors (Lipinski definition) is 3. The molecule has 0 unspecified atom stereocenters. The highest BCUT2D eigenvalue weighted by molar-refractivity contribution is 9.10. The molecule has 0 radical (unpaired) electrons. The fourth-order valence-corrected chi connectivity index (χ4v) is 3.25. The second-order valence-corrected chi connectivity index (χ2v) is 7.22. The molecule has 1 aromatic heterocycles. The molecule has 0 fully saturated rings. The van der Waals surface area contributed by atoms with E-state index in [-0.39, 0.29) is 17.2 Å². The second-order valence-electron chi connectivity index (χ2n) is 6.30. The number of carbonyl (C=O) groups is 1.